The molecule has 206 valence electrons. The van der Waals surface area contributed by atoms with E-state index in [9.17, 15) is 18.3 Å². The molecule has 0 unspecified atom stereocenters. The Morgan fingerprint density at radius 1 is 1.03 bits per heavy atom. The molecule has 1 saturated carbocycles. The van der Waals surface area contributed by atoms with Crippen molar-refractivity contribution in [1.82, 2.24) is 15.0 Å². The van der Waals surface area contributed by atoms with Gasteiger partial charge < -0.3 is 10.4 Å². The molecule has 3 N–H and O–H groups in total. The van der Waals surface area contributed by atoms with Gasteiger partial charge in [0.25, 0.3) is 5.91 Å². The average Bonchev–Trinajstić information content (AvgIpc) is 3.24. The van der Waals surface area contributed by atoms with Crippen LogP contribution in [0.5, 0.6) is 0 Å². The van der Waals surface area contributed by atoms with Crippen LogP contribution in [0.4, 0.5) is 0 Å². The number of thiazole rings is 1. The van der Waals surface area contributed by atoms with E-state index in [4.69, 9.17) is 4.98 Å². The number of benzene rings is 2. The van der Waals surface area contributed by atoms with Gasteiger partial charge in [-0.1, -0.05) is 62.4 Å². The lowest BCUT2D eigenvalue weighted by atomic mass is 9.85. The molecule has 0 aliphatic heterocycles. The number of hydrogen-bond donors (Lipinski definition) is 3. The maximum Gasteiger partial charge on any atom is 0.280 e. The first-order valence-electron chi connectivity index (χ1n) is 13.3. The fourth-order valence-corrected chi connectivity index (χ4v) is 7.68. The number of carbonyl (C=O) groups is 1. The van der Waals surface area contributed by atoms with E-state index < -0.39 is 21.2 Å². The molecule has 0 atom stereocenters. The third kappa shape index (κ3) is 7.00. The fraction of sp³-hybridized carbons (Fsp3) is 0.517. The van der Waals surface area contributed by atoms with E-state index in [-0.39, 0.29) is 17.3 Å². The van der Waals surface area contributed by atoms with Crippen molar-refractivity contribution in [3.05, 3.63) is 47.1 Å². The van der Waals surface area contributed by atoms with E-state index in [1.54, 1.807) is 19.9 Å². The predicted octanol–water partition coefficient (Wildman–Crippen LogP) is 5.66. The summed E-state index contributed by atoms with van der Waals surface area (Å²) >= 11 is 1.33. The van der Waals surface area contributed by atoms with Gasteiger partial charge in [-0.2, -0.15) is 0 Å². The second kappa shape index (κ2) is 11.0. The van der Waals surface area contributed by atoms with Crippen molar-refractivity contribution >= 4 is 38.0 Å². The van der Waals surface area contributed by atoms with Gasteiger partial charge in [0.05, 0.1) is 21.1 Å². The Labute approximate surface area is 230 Å². The molecule has 1 aliphatic carbocycles. The lowest BCUT2D eigenvalue weighted by Crippen LogP contribution is -2.40. The number of nitrogens with zero attached hydrogens (tertiary/aromatic N) is 1. The molecule has 1 aromatic heterocycles. The third-order valence-corrected chi connectivity index (χ3v) is 9.58. The van der Waals surface area contributed by atoms with Gasteiger partial charge in [0, 0.05) is 23.0 Å². The second-order valence-electron chi connectivity index (χ2n) is 12.0. The zero-order chi connectivity index (χ0) is 27.7. The van der Waals surface area contributed by atoms with Gasteiger partial charge in [-0.05, 0) is 58.4 Å². The van der Waals surface area contributed by atoms with Crippen LogP contribution in [0.1, 0.15) is 82.2 Å². The average molecular weight is 558 g/mol. The number of fused-ring (bicyclic) bond motifs is 1. The van der Waals surface area contributed by atoms with Crippen LogP contribution in [0.3, 0.4) is 0 Å². The minimum Gasteiger partial charge on any atom is -0.389 e. The maximum absolute atomic E-state index is 13.3. The van der Waals surface area contributed by atoms with Crippen LogP contribution >= 0.6 is 11.3 Å². The van der Waals surface area contributed by atoms with Crippen LogP contribution in [0.25, 0.3) is 21.2 Å². The van der Waals surface area contributed by atoms with Crippen LogP contribution in [-0.4, -0.2) is 42.1 Å². The largest absolute Gasteiger partial charge is 0.389 e. The number of nitrogens with one attached hydrogen (secondary N) is 2. The SMILES string of the molecule is CC(C)(O)CNC(=O)c1nc(CC2CCCCC2)c(-c2ccc(S(=O)(=O)NC(C)(C)C)c3ccccc23)s1. The Morgan fingerprint density at radius 2 is 1.68 bits per heavy atom. The molecule has 4 rings (SSSR count). The molecule has 7 nitrogen and oxygen atoms in total. The number of amides is 1. The van der Waals surface area contributed by atoms with E-state index in [2.05, 4.69) is 10.0 Å². The molecule has 2 aromatic carbocycles. The zero-order valence-electron chi connectivity index (χ0n) is 22.9. The van der Waals surface area contributed by atoms with Crippen LogP contribution in [-0.2, 0) is 16.4 Å². The summed E-state index contributed by atoms with van der Waals surface area (Å²) in [6.45, 7) is 8.87. The quantitative estimate of drug-likeness (QED) is 0.331. The van der Waals surface area contributed by atoms with Crippen molar-refractivity contribution in [2.45, 2.75) is 89.2 Å². The van der Waals surface area contributed by atoms with Crippen molar-refractivity contribution < 1.29 is 18.3 Å². The molecule has 1 amide bonds. The third-order valence-electron chi connectivity index (χ3n) is 6.64. The summed E-state index contributed by atoms with van der Waals surface area (Å²) in [7, 11) is -3.76. The van der Waals surface area contributed by atoms with Crippen LogP contribution in [0.15, 0.2) is 41.3 Å². The molecular weight excluding hydrogens is 518 g/mol. The molecule has 1 fully saturated rings. The number of rotatable bonds is 8. The second-order valence-corrected chi connectivity index (χ2v) is 14.7. The van der Waals surface area contributed by atoms with Gasteiger partial charge in [0.2, 0.25) is 10.0 Å². The van der Waals surface area contributed by atoms with Crippen molar-refractivity contribution in [3.8, 4) is 10.4 Å². The van der Waals surface area contributed by atoms with Gasteiger partial charge in [0.15, 0.2) is 5.01 Å². The lowest BCUT2D eigenvalue weighted by molar-refractivity contribution is 0.0694. The minimum absolute atomic E-state index is 0.120. The monoisotopic (exact) mass is 557 g/mol. The van der Waals surface area contributed by atoms with E-state index in [1.807, 2.05) is 51.1 Å². The van der Waals surface area contributed by atoms with Gasteiger partial charge in [-0.25, -0.2) is 18.1 Å². The van der Waals surface area contributed by atoms with Gasteiger partial charge in [-0.3, -0.25) is 4.79 Å². The topological polar surface area (TPSA) is 108 Å². The Hall–Kier alpha value is -2.33. The first-order valence-corrected chi connectivity index (χ1v) is 15.6. The fourth-order valence-electron chi connectivity index (χ4n) is 5.00. The highest BCUT2D eigenvalue weighted by molar-refractivity contribution is 7.89. The maximum atomic E-state index is 13.3. The number of hydrogen-bond acceptors (Lipinski definition) is 6. The number of aliphatic hydroxyl groups is 1. The molecule has 0 bridgehead atoms. The summed E-state index contributed by atoms with van der Waals surface area (Å²) in [4.78, 5) is 18.9. The molecule has 38 heavy (non-hydrogen) atoms. The summed E-state index contributed by atoms with van der Waals surface area (Å²) in [5.74, 6) is 0.199. The molecule has 1 heterocycles. The van der Waals surface area contributed by atoms with Gasteiger partial charge in [-0.15, -0.1) is 11.3 Å². The highest BCUT2D eigenvalue weighted by Crippen LogP contribution is 2.40. The van der Waals surface area contributed by atoms with Crippen LogP contribution < -0.4 is 10.0 Å². The molecule has 9 heteroatoms. The highest BCUT2D eigenvalue weighted by atomic mass is 32.2. The van der Waals surface area contributed by atoms with Crippen molar-refractivity contribution in [2.75, 3.05) is 6.54 Å². The van der Waals surface area contributed by atoms with Crippen molar-refractivity contribution in [1.29, 1.82) is 0 Å². The summed E-state index contributed by atoms with van der Waals surface area (Å²) in [6.07, 6.45) is 6.75. The molecule has 0 spiro atoms. The first-order chi connectivity index (χ1) is 17.7. The summed E-state index contributed by atoms with van der Waals surface area (Å²) in [5.41, 5.74) is 0.109. The van der Waals surface area contributed by atoms with Crippen LogP contribution in [0, 0.1) is 5.92 Å². The molecule has 1 aliphatic rings. The van der Waals surface area contributed by atoms with Gasteiger partial charge in [0.1, 0.15) is 0 Å². The van der Waals surface area contributed by atoms with Crippen LogP contribution in [0.2, 0.25) is 0 Å². The Balaban J connectivity index is 1.81. The molecule has 3 aromatic rings. The molecule has 0 saturated heterocycles. The molecular formula is C29H39N3O4S2. The van der Waals surface area contributed by atoms with Gasteiger partial charge >= 0.3 is 0 Å². The number of carbonyl (C=O) groups excluding carboxylic acids is 1. The standard InChI is InChI=1S/C29H39N3O4S2/c1-28(2,3)32-38(35,36)24-16-15-22(20-13-9-10-14-21(20)24)25-23(17-19-11-7-6-8-12-19)31-27(37-25)26(33)30-18-29(4,5)34/h9-10,13-16,19,32,34H,6-8,11-12,17-18H2,1-5H3,(H,30,33). The number of aromatic nitrogens is 1. The van der Waals surface area contributed by atoms with Crippen molar-refractivity contribution in [2.24, 2.45) is 5.92 Å². The summed E-state index contributed by atoms with van der Waals surface area (Å²) in [6, 6.07) is 11.0. The zero-order valence-corrected chi connectivity index (χ0v) is 24.6. The predicted molar refractivity (Wildman–Crippen MR) is 154 cm³/mol. The van der Waals surface area contributed by atoms with E-state index in [0.29, 0.717) is 16.3 Å². The van der Waals surface area contributed by atoms with E-state index in [1.165, 1.54) is 30.6 Å². The van der Waals surface area contributed by atoms with E-state index >= 15 is 0 Å². The summed E-state index contributed by atoms with van der Waals surface area (Å²) in [5, 5.41) is 14.6. The Kier molecular flexibility index (Phi) is 8.33. The smallest absolute Gasteiger partial charge is 0.280 e. The summed E-state index contributed by atoms with van der Waals surface area (Å²) < 4.78 is 29.3. The number of sulfonamides is 1. The Bertz CT molecular complexity index is 1410. The Morgan fingerprint density at radius 3 is 2.32 bits per heavy atom. The minimum atomic E-state index is -3.76. The molecule has 0 radical (unpaired) electrons. The first kappa shape index (κ1) is 28.7. The highest BCUT2D eigenvalue weighted by Gasteiger charge is 2.27. The lowest BCUT2D eigenvalue weighted by Gasteiger charge is -2.22. The van der Waals surface area contributed by atoms with Crippen molar-refractivity contribution in [3.63, 3.8) is 0 Å². The normalized spacial score (nSPS) is 15.6. The van der Waals surface area contributed by atoms with E-state index in [0.717, 1.165) is 40.8 Å².